The van der Waals surface area contributed by atoms with E-state index >= 15 is 0 Å². The Morgan fingerprint density at radius 2 is 1.89 bits per heavy atom. The monoisotopic (exact) mass is 236 g/mol. The number of aryl methyl sites for hydroxylation is 1. The van der Waals surface area contributed by atoms with Crippen molar-refractivity contribution in [2.75, 3.05) is 5.73 Å². The summed E-state index contributed by atoms with van der Waals surface area (Å²) in [5, 5.41) is 1.09. The largest absolute Gasteiger partial charge is 0.382 e. The van der Waals surface area contributed by atoms with Crippen LogP contribution in [0.4, 0.5) is 5.82 Å². The molecule has 0 bridgehead atoms. The molecule has 4 nitrogen and oxygen atoms in total. The van der Waals surface area contributed by atoms with Gasteiger partial charge in [0.2, 0.25) is 0 Å². The number of hydrogen-bond donors (Lipinski definition) is 1. The minimum absolute atomic E-state index is 0.426. The average molecular weight is 236 g/mol. The quantitative estimate of drug-likeness (QED) is 0.705. The Hall–Kier alpha value is -2.49. The lowest BCUT2D eigenvalue weighted by atomic mass is 10.1. The number of rotatable bonds is 1. The van der Waals surface area contributed by atoms with E-state index < -0.39 is 0 Å². The van der Waals surface area contributed by atoms with Crippen molar-refractivity contribution in [3.63, 3.8) is 0 Å². The van der Waals surface area contributed by atoms with Crippen LogP contribution in [0.3, 0.4) is 0 Å². The van der Waals surface area contributed by atoms with E-state index in [1.807, 2.05) is 31.2 Å². The zero-order valence-electron chi connectivity index (χ0n) is 9.96. The third-order valence-corrected chi connectivity index (χ3v) is 2.78. The first kappa shape index (κ1) is 10.7. The number of aromatic nitrogens is 3. The summed E-state index contributed by atoms with van der Waals surface area (Å²) in [6.07, 6.45) is 3.24. The highest BCUT2D eigenvalue weighted by Crippen LogP contribution is 2.22. The molecule has 3 rings (SSSR count). The van der Waals surface area contributed by atoms with Crippen molar-refractivity contribution in [1.29, 1.82) is 0 Å². The third-order valence-electron chi connectivity index (χ3n) is 2.78. The van der Waals surface area contributed by atoms with Gasteiger partial charge in [0.05, 0.1) is 23.6 Å². The zero-order chi connectivity index (χ0) is 12.5. The number of nitrogens with zero attached hydrogens (tertiary/aromatic N) is 3. The molecule has 1 aromatic carbocycles. The minimum atomic E-state index is 0.426. The molecule has 3 aromatic rings. The molecule has 0 spiro atoms. The van der Waals surface area contributed by atoms with Crippen molar-refractivity contribution in [3.8, 4) is 11.3 Å². The molecule has 0 unspecified atom stereocenters. The van der Waals surface area contributed by atoms with Gasteiger partial charge in [-0.25, -0.2) is 4.98 Å². The highest BCUT2D eigenvalue weighted by atomic mass is 14.9. The van der Waals surface area contributed by atoms with Crippen LogP contribution in [0.15, 0.2) is 42.7 Å². The normalized spacial score (nSPS) is 10.7. The molecule has 0 aliphatic carbocycles. The number of anilines is 1. The van der Waals surface area contributed by atoms with Gasteiger partial charge in [-0.05, 0) is 25.1 Å². The first-order chi connectivity index (χ1) is 8.72. The topological polar surface area (TPSA) is 64.7 Å². The summed E-state index contributed by atoms with van der Waals surface area (Å²) in [6, 6.07) is 10.1. The maximum absolute atomic E-state index is 5.64. The smallest absolute Gasteiger partial charge is 0.142 e. The van der Waals surface area contributed by atoms with Crippen LogP contribution >= 0.6 is 0 Å². The van der Waals surface area contributed by atoms with Crippen molar-refractivity contribution in [2.45, 2.75) is 6.92 Å². The van der Waals surface area contributed by atoms with Crippen LogP contribution in [0.5, 0.6) is 0 Å². The van der Waals surface area contributed by atoms with Gasteiger partial charge in [-0.3, -0.25) is 9.97 Å². The van der Waals surface area contributed by atoms with Gasteiger partial charge >= 0.3 is 0 Å². The summed E-state index contributed by atoms with van der Waals surface area (Å²) in [5.41, 5.74) is 9.41. The van der Waals surface area contributed by atoms with E-state index in [1.165, 1.54) is 6.20 Å². The summed E-state index contributed by atoms with van der Waals surface area (Å²) in [6.45, 7) is 1.98. The van der Waals surface area contributed by atoms with Gasteiger partial charge in [0.1, 0.15) is 5.82 Å². The molecule has 0 aliphatic rings. The standard InChI is InChI=1S/C14H12N4/c1-9-2-3-10-6-11(4-5-12(10)17-9)13-7-16-8-14(15)18-13/h2-8H,1H3,(H2,15,18). The van der Waals surface area contributed by atoms with Crippen molar-refractivity contribution < 1.29 is 0 Å². The maximum atomic E-state index is 5.64. The summed E-state index contributed by atoms with van der Waals surface area (Å²) in [5.74, 6) is 0.426. The van der Waals surface area contributed by atoms with Crippen LogP contribution < -0.4 is 5.73 Å². The summed E-state index contributed by atoms with van der Waals surface area (Å²) < 4.78 is 0. The summed E-state index contributed by atoms with van der Waals surface area (Å²) in [7, 11) is 0. The van der Waals surface area contributed by atoms with E-state index in [0.29, 0.717) is 5.82 Å². The SMILES string of the molecule is Cc1ccc2cc(-c3cncc(N)n3)ccc2n1. The molecule has 2 aromatic heterocycles. The first-order valence-corrected chi connectivity index (χ1v) is 5.68. The molecule has 0 fully saturated rings. The Bertz CT molecular complexity index is 722. The lowest BCUT2D eigenvalue weighted by Crippen LogP contribution is -1.93. The van der Waals surface area contributed by atoms with Crippen LogP contribution in [-0.4, -0.2) is 15.0 Å². The minimum Gasteiger partial charge on any atom is -0.382 e. The van der Waals surface area contributed by atoms with E-state index in [2.05, 4.69) is 21.0 Å². The zero-order valence-corrected chi connectivity index (χ0v) is 9.96. The molecule has 2 N–H and O–H groups in total. The second kappa shape index (κ2) is 4.07. The summed E-state index contributed by atoms with van der Waals surface area (Å²) in [4.78, 5) is 12.8. The third kappa shape index (κ3) is 1.88. The second-order valence-corrected chi connectivity index (χ2v) is 4.19. The predicted octanol–water partition coefficient (Wildman–Crippen LogP) is 2.58. The molecule has 0 amide bonds. The highest BCUT2D eigenvalue weighted by molar-refractivity contribution is 5.83. The summed E-state index contributed by atoms with van der Waals surface area (Å²) >= 11 is 0. The Kier molecular flexibility index (Phi) is 2.41. The Morgan fingerprint density at radius 3 is 2.72 bits per heavy atom. The van der Waals surface area contributed by atoms with Gasteiger partial charge < -0.3 is 5.73 Å². The first-order valence-electron chi connectivity index (χ1n) is 5.68. The van der Waals surface area contributed by atoms with Crippen molar-refractivity contribution in [2.24, 2.45) is 0 Å². The van der Waals surface area contributed by atoms with Crippen LogP contribution in [0.25, 0.3) is 22.2 Å². The van der Waals surface area contributed by atoms with Crippen LogP contribution in [-0.2, 0) is 0 Å². The number of benzene rings is 1. The van der Waals surface area contributed by atoms with Crippen molar-refractivity contribution in [3.05, 3.63) is 48.4 Å². The predicted molar refractivity (Wildman–Crippen MR) is 71.9 cm³/mol. The van der Waals surface area contributed by atoms with Gasteiger partial charge in [-0.1, -0.05) is 12.1 Å². The van der Waals surface area contributed by atoms with E-state index in [0.717, 1.165) is 27.9 Å². The number of hydrogen-bond acceptors (Lipinski definition) is 4. The number of nitrogen functional groups attached to an aromatic ring is 1. The number of nitrogens with two attached hydrogens (primary N) is 1. The molecule has 0 atom stereocenters. The molecular weight excluding hydrogens is 224 g/mol. The fraction of sp³-hybridized carbons (Fsp3) is 0.0714. The van der Waals surface area contributed by atoms with Crippen molar-refractivity contribution in [1.82, 2.24) is 15.0 Å². The molecule has 0 saturated heterocycles. The van der Waals surface area contributed by atoms with E-state index in [9.17, 15) is 0 Å². The molecule has 88 valence electrons. The highest BCUT2D eigenvalue weighted by Gasteiger charge is 2.03. The Morgan fingerprint density at radius 1 is 1.00 bits per heavy atom. The van der Waals surface area contributed by atoms with E-state index in [1.54, 1.807) is 6.20 Å². The molecule has 4 heteroatoms. The van der Waals surface area contributed by atoms with Crippen LogP contribution in [0.2, 0.25) is 0 Å². The van der Waals surface area contributed by atoms with Crippen molar-refractivity contribution >= 4 is 16.7 Å². The molecule has 18 heavy (non-hydrogen) atoms. The second-order valence-electron chi connectivity index (χ2n) is 4.19. The number of fused-ring (bicyclic) bond motifs is 1. The van der Waals surface area contributed by atoms with Gasteiger partial charge in [0.25, 0.3) is 0 Å². The van der Waals surface area contributed by atoms with E-state index in [-0.39, 0.29) is 0 Å². The lowest BCUT2D eigenvalue weighted by molar-refractivity contribution is 1.21. The van der Waals surface area contributed by atoms with Gasteiger partial charge in [-0.2, -0.15) is 0 Å². The van der Waals surface area contributed by atoms with Gasteiger partial charge in [-0.15, -0.1) is 0 Å². The molecular formula is C14H12N4. The molecule has 0 radical (unpaired) electrons. The Balaban J connectivity index is 2.16. The Labute approximate surface area is 105 Å². The fourth-order valence-electron chi connectivity index (χ4n) is 1.91. The molecule has 2 heterocycles. The average Bonchev–Trinajstić information content (AvgIpc) is 2.38. The van der Waals surface area contributed by atoms with Gasteiger partial charge in [0.15, 0.2) is 0 Å². The van der Waals surface area contributed by atoms with Crippen LogP contribution in [0.1, 0.15) is 5.69 Å². The maximum Gasteiger partial charge on any atom is 0.142 e. The van der Waals surface area contributed by atoms with E-state index in [4.69, 9.17) is 5.73 Å². The number of pyridine rings is 1. The van der Waals surface area contributed by atoms with Crippen LogP contribution in [0, 0.1) is 6.92 Å². The molecule has 0 saturated carbocycles. The molecule has 0 aliphatic heterocycles. The van der Waals surface area contributed by atoms with Gasteiger partial charge in [0, 0.05) is 16.6 Å². The fourth-order valence-corrected chi connectivity index (χ4v) is 1.91. The lowest BCUT2D eigenvalue weighted by Gasteiger charge is -2.04.